The fraction of sp³-hybridized carbons (Fsp3) is 0.529. The van der Waals surface area contributed by atoms with Crippen LogP contribution in [0.5, 0.6) is 0 Å². The van der Waals surface area contributed by atoms with Gasteiger partial charge in [-0.3, -0.25) is 9.59 Å². The van der Waals surface area contributed by atoms with Crippen LogP contribution >= 0.6 is 0 Å². The minimum Gasteiger partial charge on any atom is -0.344 e. The van der Waals surface area contributed by atoms with E-state index in [1.54, 1.807) is 19.0 Å². The van der Waals surface area contributed by atoms with Gasteiger partial charge in [0.25, 0.3) is 11.8 Å². The Balaban J connectivity index is 2.72. The van der Waals surface area contributed by atoms with Crippen molar-refractivity contribution in [2.75, 3.05) is 39.5 Å². The quantitative estimate of drug-likeness (QED) is 0.811. The summed E-state index contributed by atoms with van der Waals surface area (Å²) in [6.45, 7) is 6.79. The Bertz CT molecular complexity index is 539. The molecule has 0 aliphatic carbocycles. The van der Waals surface area contributed by atoms with E-state index in [4.69, 9.17) is 0 Å². The maximum atomic E-state index is 12.2. The number of aryl methyl sites for hydroxylation is 1. The van der Waals surface area contributed by atoms with E-state index >= 15 is 0 Å². The maximum Gasteiger partial charge on any atom is 0.279 e. The van der Waals surface area contributed by atoms with Gasteiger partial charge in [0.05, 0.1) is 7.05 Å². The first kappa shape index (κ1) is 18.2. The zero-order valence-corrected chi connectivity index (χ0v) is 14.5. The van der Waals surface area contributed by atoms with Gasteiger partial charge >= 0.3 is 0 Å². The van der Waals surface area contributed by atoms with E-state index in [-0.39, 0.29) is 18.4 Å². The molecule has 0 bridgehead atoms. The van der Waals surface area contributed by atoms with Crippen LogP contribution in [0.2, 0.25) is 0 Å². The first-order chi connectivity index (χ1) is 10.2. The van der Waals surface area contributed by atoms with Crippen LogP contribution in [0.15, 0.2) is 18.2 Å². The molecule has 0 spiro atoms. The Morgan fingerprint density at radius 1 is 1.23 bits per heavy atom. The van der Waals surface area contributed by atoms with Crippen LogP contribution in [0.1, 0.15) is 30.9 Å². The number of carbonyl (C=O) groups is 2. The third-order valence-corrected chi connectivity index (χ3v) is 3.61. The van der Waals surface area contributed by atoms with Gasteiger partial charge < -0.3 is 15.1 Å². The molecule has 0 fully saturated rings. The smallest absolute Gasteiger partial charge is 0.279 e. The SMILES string of the molecule is Cc1cccc(C(C)C)c1NC(=O)C[NH+](C)CC(=O)N(C)C. The van der Waals surface area contributed by atoms with Crippen LogP contribution in [-0.4, -0.2) is 50.9 Å². The van der Waals surface area contributed by atoms with Crippen molar-refractivity contribution in [2.24, 2.45) is 0 Å². The number of hydrogen-bond donors (Lipinski definition) is 2. The van der Waals surface area contributed by atoms with Crippen molar-refractivity contribution in [3.05, 3.63) is 29.3 Å². The minimum atomic E-state index is -0.0692. The number of rotatable bonds is 6. The molecule has 0 aromatic heterocycles. The molecule has 0 saturated heterocycles. The highest BCUT2D eigenvalue weighted by atomic mass is 16.2. The lowest BCUT2D eigenvalue weighted by Gasteiger charge is -2.19. The molecule has 5 heteroatoms. The topological polar surface area (TPSA) is 53.9 Å². The monoisotopic (exact) mass is 306 g/mol. The normalized spacial score (nSPS) is 12.1. The third kappa shape index (κ3) is 5.15. The maximum absolute atomic E-state index is 12.2. The Hall–Kier alpha value is -1.88. The van der Waals surface area contributed by atoms with Gasteiger partial charge in [-0.25, -0.2) is 0 Å². The molecule has 1 rings (SSSR count). The molecule has 122 valence electrons. The number of para-hydroxylation sites is 1. The summed E-state index contributed by atoms with van der Waals surface area (Å²) in [4.78, 5) is 26.3. The largest absolute Gasteiger partial charge is 0.344 e. The summed E-state index contributed by atoms with van der Waals surface area (Å²) in [5.41, 5.74) is 3.09. The molecule has 1 aromatic carbocycles. The lowest BCUT2D eigenvalue weighted by atomic mass is 9.98. The first-order valence-corrected chi connectivity index (χ1v) is 7.63. The summed E-state index contributed by atoms with van der Waals surface area (Å²) in [6, 6.07) is 6.04. The summed E-state index contributed by atoms with van der Waals surface area (Å²) in [5.74, 6) is 0.292. The van der Waals surface area contributed by atoms with E-state index in [0.29, 0.717) is 12.5 Å². The van der Waals surface area contributed by atoms with Gasteiger partial charge in [0, 0.05) is 19.8 Å². The second-order valence-electron chi connectivity index (χ2n) is 6.34. The molecule has 0 saturated carbocycles. The van der Waals surface area contributed by atoms with Crippen LogP contribution in [0.25, 0.3) is 0 Å². The first-order valence-electron chi connectivity index (χ1n) is 7.63. The van der Waals surface area contributed by atoms with Gasteiger partial charge in [-0.05, 0) is 24.0 Å². The van der Waals surface area contributed by atoms with Crippen molar-refractivity contribution in [1.29, 1.82) is 0 Å². The standard InChI is InChI=1S/C17H27N3O2/c1-12(2)14-9-7-8-13(3)17(14)18-15(21)10-20(6)11-16(22)19(4)5/h7-9,12H,10-11H2,1-6H3,(H,18,21)/p+1. The zero-order chi connectivity index (χ0) is 16.9. The number of benzene rings is 1. The molecular formula is C17H28N3O2+. The predicted molar refractivity (Wildman–Crippen MR) is 89.2 cm³/mol. The minimum absolute atomic E-state index is 0.0176. The van der Waals surface area contributed by atoms with E-state index in [1.165, 1.54) is 0 Å². The fourth-order valence-electron chi connectivity index (χ4n) is 2.28. The van der Waals surface area contributed by atoms with Gasteiger partial charge in [-0.1, -0.05) is 32.0 Å². The van der Waals surface area contributed by atoms with E-state index in [2.05, 4.69) is 19.2 Å². The number of carbonyl (C=O) groups excluding carboxylic acids is 2. The molecule has 2 N–H and O–H groups in total. The zero-order valence-electron chi connectivity index (χ0n) is 14.5. The Morgan fingerprint density at radius 2 is 1.86 bits per heavy atom. The molecule has 0 heterocycles. The molecule has 1 aromatic rings. The van der Waals surface area contributed by atoms with Gasteiger partial charge in [-0.15, -0.1) is 0 Å². The van der Waals surface area contributed by atoms with Gasteiger partial charge in [0.2, 0.25) is 0 Å². The fourth-order valence-corrected chi connectivity index (χ4v) is 2.28. The lowest BCUT2D eigenvalue weighted by Crippen LogP contribution is -3.11. The van der Waals surface area contributed by atoms with Crippen LogP contribution in [-0.2, 0) is 9.59 Å². The molecule has 1 atom stereocenters. The predicted octanol–water partition coefficient (Wildman–Crippen LogP) is 0.660. The number of nitrogens with one attached hydrogen (secondary N) is 2. The molecule has 2 amide bonds. The molecule has 0 radical (unpaired) electrons. The summed E-state index contributed by atoms with van der Waals surface area (Å²) in [6.07, 6.45) is 0. The highest BCUT2D eigenvalue weighted by Gasteiger charge is 2.17. The van der Waals surface area contributed by atoms with Crippen molar-refractivity contribution >= 4 is 17.5 Å². The second-order valence-corrected chi connectivity index (χ2v) is 6.34. The number of amides is 2. The molecule has 0 aliphatic rings. The molecule has 1 unspecified atom stereocenters. The van der Waals surface area contributed by atoms with Crippen molar-refractivity contribution in [1.82, 2.24) is 4.90 Å². The van der Waals surface area contributed by atoms with Crippen molar-refractivity contribution in [3.8, 4) is 0 Å². The Labute approximate surface area is 133 Å². The van der Waals surface area contributed by atoms with Crippen LogP contribution in [0, 0.1) is 6.92 Å². The average Bonchev–Trinajstić information content (AvgIpc) is 2.40. The summed E-state index contributed by atoms with van der Waals surface area (Å²) in [7, 11) is 5.29. The van der Waals surface area contributed by atoms with Gasteiger partial charge in [-0.2, -0.15) is 0 Å². The number of anilines is 1. The van der Waals surface area contributed by atoms with Crippen molar-refractivity contribution in [2.45, 2.75) is 26.7 Å². The van der Waals surface area contributed by atoms with Gasteiger partial charge in [0.15, 0.2) is 13.1 Å². The molecule has 22 heavy (non-hydrogen) atoms. The van der Waals surface area contributed by atoms with E-state index < -0.39 is 0 Å². The second kappa shape index (κ2) is 7.94. The summed E-state index contributed by atoms with van der Waals surface area (Å²) in [5, 5.41) is 3.01. The van der Waals surface area contributed by atoms with Crippen LogP contribution in [0.3, 0.4) is 0 Å². The van der Waals surface area contributed by atoms with Crippen molar-refractivity contribution in [3.63, 3.8) is 0 Å². The van der Waals surface area contributed by atoms with Gasteiger partial charge in [0.1, 0.15) is 0 Å². The number of hydrogen-bond acceptors (Lipinski definition) is 2. The van der Waals surface area contributed by atoms with E-state index in [0.717, 1.165) is 21.7 Å². The third-order valence-electron chi connectivity index (χ3n) is 3.61. The number of nitrogens with zero attached hydrogens (tertiary/aromatic N) is 1. The van der Waals surface area contributed by atoms with Crippen molar-refractivity contribution < 1.29 is 14.5 Å². The van der Waals surface area contributed by atoms with E-state index in [9.17, 15) is 9.59 Å². The molecule has 5 nitrogen and oxygen atoms in total. The number of quaternary nitrogens is 1. The van der Waals surface area contributed by atoms with E-state index in [1.807, 2.05) is 32.2 Å². The summed E-state index contributed by atoms with van der Waals surface area (Å²) < 4.78 is 0. The van der Waals surface area contributed by atoms with Crippen LogP contribution < -0.4 is 10.2 Å². The summed E-state index contributed by atoms with van der Waals surface area (Å²) >= 11 is 0. The highest BCUT2D eigenvalue weighted by molar-refractivity contribution is 5.93. The Morgan fingerprint density at radius 3 is 2.41 bits per heavy atom. The Kier molecular flexibility index (Phi) is 6.56. The van der Waals surface area contributed by atoms with Crippen LogP contribution in [0.4, 0.5) is 5.69 Å². The molecule has 0 aliphatic heterocycles. The molecular weight excluding hydrogens is 278 g/mol. The average molecular weight is 306 g/mol. The lowest BCUT2D eigenvalue weighted by molar-refractivity contribution is -0.862. The number of likely N-dealkylation sites (N-methyl/N-ethyl adjacent to an activating group) is 2. The highest BCUT2D eigenvalue weighted by Crippen LogP contribution is 2.27.